The molecule has 4 aromatic rings. The number of anilines is 2. The maximum Gasteiger partial charge on any atom is 0.416 e. The Kier molecular flexibility index (Phi) is 7.00. The van der Waals surface area contributed by atoms with E-state index in [1.54, 1.807) is 6.20 Å². The molecule has 0 radical (unpaired) electrons. The summed E-state index contributed by atoms with van der Waals surface area (Å²) in [6, 6.07) is 21.4. The lowest BCUT2D eigenvalue weighted by atomic mass is 9.92. The first-order valence-corrected chi connectivity index (χ1v) is 13.7. The summed E-state index contributed by atoms with van der Waals surface area (Å²) in [5, 5.41) is 3.49. The van der Waals surface area contributed by atoms with Gasteiger partial charge in [-0.25, -0.2) is 4.98 Å². The molecule has 1 N–H and O–H groups in total. The van der Waals surface area contributed by atoms with Crippen molar-refractivity contribution in [2.45, 2.75) is 37.9 Å². The van der Waals surface area contributed by atoms with Crippen LogP contribution in [-0.4, -0.2) is 23.9 Å². The fourth-order valence-electron chi connectivity index (χ4n) is 5.83. The number of carbonyl (C=O) groups excluding carboxylic acids is 1. The van der Waals surface area contributed by atoms with Crippen LogP contribution in [0, 0.1) is 0 Å². The number of nitrogens with one attached hydrogen (secondary N) is 1. The van der Waals surface area contributed by atoms with Crippen molar-refractivity contribution >= 4 is 28.9 Å². The standard InChI is InChI=1S/C32H27ClF3N3O/c33-26-10-11-28(32(34,35)36)25(15-26)19-39-13-12-37-31-29(39)16-24(18-38-31)21-5-3-6-23(14-21)30(40)17-22-9-8-20-4-1-2-7-27(20)22/h1-7,10-11,14-16,18,22H,8-9,12-13,17,19H2,(H,37,38). The Hall–Kier alpha value is -3.84. The van der Waals surface area contributed by atoms with Gasteiger partial charge in [0.1, 0.15) is 5.82 Å². The van der Waals surface area contributed by atoms with Crippen LogP contribution in [0.15, 0.2) is 79.0 Å². The van der Waals surface area contributed by atoms with E-state index in [4.69, 9.17) is 11.6 Å². The summed E-state index contributed by atoms with van der Waals surface area (Å²) >= 11 is 6.07. The third kappa shape index (κ3) is 5.30. The second-order valence-corrected chi connectivity index (χ2v) is 10.8. The fraction of sp³-hybridized carbons (Fsp3) is 0.250. The number of ketones is 1. The number of alkyl halides is 3. The van der Waals surface area contributed by atoms with Crippen LogP contribution in [0.4, 0.5) is 24.7 Å². The van der Waals surface area contributed by atoms with Crippen LogP contribution in [0.1, 0.15) is 51.4 Å². The summed E-state index contributed by atoms with van der Waals surface area (Å²) < 4.78 is 41.1. The van der Waals surface area contributed by atoms with Crippen molar-refractivity contribution in [3.05, 3.63) is 112 Å². The van der Waals surface area contributed by atoms with E-state index >= 15 is 0 Å². The lowest BCUT2D eigenvalue weighted by Crippen LogP contribution is -2.34. The number of pyridine rings is 1. The predicted octanol–water partition coefficient (Wildman–Crippen LogP) is 8.16. The molecule has 1 aromatic heterocycles. The third-order valence-corrected chi connectivity index (χ3v) is 8.06. The van der Waals surface area contributed by atoms with Crippen molar-refractivity contribution in [1.82, 2.24) is 4.98 Å². The molecule has 8 heteroatoms. The topological polar surface area (TPSA) is 45.2 Å². The van der Waals surface area contributed by atoms with Crippen LogP contribution >= 0.6 is 11.6 Å². The number of hydrogen-bond donors (Lipinski definition) is 1. The summed E-state index contributed by atoms with van der Waals surface area (Å²) in [6.45, 7) is 1.09. The number of hydrogen-bond acceptors (Lipinski definition) is 4. The largest absolute Gasteiger partial charge is 0.416 e. The highest BCUT2D eigenvalue weighted by atomic mass is 35.5. The predicted molar refractivity (Wildman–Crippen MR) is 152 cm³/mol. The molecule has 204 valence electrons. The molecule has 2 heterocycles. The van der Waals surface area contributed by atoms with Gasteiger partial charge in [0.05, 0.1) is 11.3 Å². The van der Waals surface area contributed by atoms with Gasteiger partial charge in [-0.15, -0.1) is 0 Å². The molecule has 4 nitrogen and oxygen atoms in total. The highest BCUT2D eigenvalue weighted by molar-refractivity contribution is 6.30. The SMILES string of the molecule is O=C(CC1CCc2ccccc21)c1cccc(-c2cnc3c(c2)N(Cc2cc(Cl)ccc2C(F)(F)F)CCN3)c1. The van der Waals surface area contributed by atoms with Crippen LogP contribution in [0.25, 0.3) is 11.1 Å². The van der Waals surface area contributed by atoms with Crippen LogP contribution in [0.5, 0.6) is 0 Å². The van der Waals surface area contributed by atoms with Gasteiger partial charge < -0.3 is 10.2 Å². The second kappa shape index (κ2) is 10.6. The van der Waals surface area contributed by atoms with Gasteiger partial charge in [-0.2, -0.15) is 13.2 Å². The number of aryl methyl sites for hydroxylation is 1. The van der Waals surface area contributed by atoms with Crippen molar-refractivity contribution < 1.29 is 18.0 Å². The van der Waals surface area contributed by atoms with E-state index in [1.165, 1.54) is 23.3 Å². The number of carbonyl (C=O) groups is 1. The van der Waals surface area contributed by atoms with Crippen LogP contribution in [0.2, 0.25) is 5.02 Å². The van der Waals surface area contributed by atoms with Gasteiger partial charge in [-0.05, 0) is 71.3 Å². The molecular weight excluding hydrogens is 535 g/mol. The summed E-state index contributed by atoms with van der Waals surface area (Å²) in [7, 11) is 0. The Bertz CT molecular complexity index is 1590. The van der Waals surface area contributed by atoms with Gasteiger partial charge in [0.15, 0.2) is 5.78 Å². The van der Waals surface area contributed by atoms with Gasteiger partial charge in [-0.1, -0.05) is 54.1 Å². The van der Waals surface area contributed by atoms with Crippen LogP contribution < -0.4 is 10.2 Å². The van der Waals surface area contributed by atoms with Gasteiger partial charge in [0, 0.05) is 48.4 Å². The highest BCUT2D eigenvalue weighted by Crippen LogP contribution is 2.38. The maximum atomic E-state index is 13.7. The molecule has 1 aliphatic carbocycles. The number of aromatic nitrogens is 1. The summed E-state index contributed by atoms with van der Waals surface area (Å²) in [6.07, 6.45) is -0.316. The van der Waals surface area contributed by atoms with E-state index in [0.717, 1.165) is 30.0 Å². The molecule has 2 aliphatic rings. The zero-order valence-corrected chi connectivity index (χ0v) is 22.4. The van der Waals surface area contributed by atoms with Crippen molar-refractivity contribution in [3.8, 4) is 11.1 Å². The quantitative estimate of drug-likeness (QED) is 0.241. The number of rotatable bonds is 6. The minimum absolute atomic E-state index is 0.0383. The van der Waals surface area contributed by atoms with E-state index in [9.17, 15) is 18.0 Å². The molecule has 6 rings (SSSR count). The molecule has 1 unspecified atom stereocenters. The molecule has 0 saturated carbocycles. The van der Waals surface area contributed by atoms with Gasteiger partial charge in [-0.3, -0.25) is 4.79 Å². The molecule has 0 fully saturated rings. The van der Waals surface area contributed by atoms with Crippen molar-refractivity contribution in [2.75, 3.05) is 23.3 Å². The average molecular weight is 562 g/mol. The van der Waals surface area contributed by atoms with Crippen molar-refractivity contribution in [1.29, 1.82) is 0 Å². The summed E-state index contributed by atoms with van der Waals surface area (Å²) in [5.74, 6) is 0.932. The summed E-state index contributed by atoms with van der Waals surface area (Å²) in [4.78, 5) is 19.7. The molecule has 1 atom stereocenters. The number of Topliss-reactive ketones (excluding diaryl/α,β-unsaturated/α-hetero) is 1. The third-order valence-electron chi connectivity index (χ3n) is 7.82. The smallest absolute Gasteiger partial charge is 0.367 e. The van der Waals surface area contributed by atoms with Crippen LogP contribution in [0.3, 0.4) is 0 Å². The Balaban J connectivity index is 1.26. The molecule has 0 spiro atoms. The van der Waals surface area contributed by atoms with Crippen LogP contribution in [-0.2, 0) is 19.1 Å². The van der Waals surface area contributed by atoms with E-state index in [1.807, 2.05) is 47.4 Å². The lowest BCUT2D eigenvalue weighted by molar-refractivity contribution is -0.138. The Morgan fingerprint density at radius 1 is 1.02 bits per heavy atom. The van der Waals surface area contributed by atoms with E-state index in [2.05, 4.69) is 22.4 Å². The molecule has 0 bridgehead atoms. The Labute approximate surface area is 235 Å². The molecule has 40 heavy (non-hydrogen) atoms. The number of halogens is 4. The van der Waals surface area contributed by atoms with Crippen molar-refractivity contribution in [3.63, 3.8) is 0 Å². The minimum atomic E-state index is -4.48. The number of fused-ring (bicyclic) bond motifs is 2. The first kappa shape index (κ1) is 26.4. The van der Waals surface area contributed by atoms with Gasteiger partial charge >= 0.3 is 6.18 Å². The maximum absolute atomic E-state index is 13.7. The van der Waals surface area contributed by atoms with Gasteiger partial charge in [0.2, 0.25) is 0 Å². The molecule has 0 amide bonds. The normalized spacial score (nSPS) is 16.3. The second-order valence-electron chi connectivity index (χ2n) is 10.4. The van der Waals surface area contributed by atoms with E-state index in [-0.39, 0.29) is 28.8 Å². The summed E-state index contributed by atoms with van der Waals surface area (Å²) in [5.41, 5.74) is 4.98. The van der Waals surface area contributed by atoms with E-state index in [0.29, 0.717) is 36.6 Å². The number of benzene rings is 3. The molecule has 1 aliphatic heterocycles. The Morgan fingerprint density at radius 3 is 2.73 bits per heavy atom. The molecule has 3 aromatic carbocycles. The lowest BCUT2D eigenvalue weighted by Gasteiger charge is -2.32. The fourth-order valence-corrected chi connectivity index (χ4v) is 6.02. The zero-order chi connectivity index (χ0) is 27.9. The Morgan fingerprint density at radius 2 is 1.88 bits per heavy atom. The van der Waals surface area contributed by atoms with Gasteiger partial charge in [0.25, 0.3) is 0 Å². The molecular formula is C32H27ClF3N3O. The highest BCUT2D eigenvalue weighted by Gasteiger charge is 2.34. The van der Waals surface area contributed by atoms with Crippen molar-refractivity contribution in [2.24, 2.45) is 0 Å². The zero-order valence-electron chi connectivity index (χ0n) is 21.6. The minimum Gasteiger partial charge on any atom is -0.367 e. The monoisotopic (exact) mass is 561 g/mol. The van der Waals surface area contributed by atoms with E-state index < -0.39 is 11.7 Å². The molecule has 0 saturated heterocycles. The first-order valence-electron chi connectivity index (χ1n) is 13.3. The number of nitrogens with zero attached hydrogens (tertiary/aromatic N) is 2. The average Bonchev–Trinajstić information content (AvgIpc) is 3.35. The first-order chi connectivity index (χ1) is 19.3.